The molecule has 1 aliphatic rings. The van der Waals surface area contributed by atoms with Crippen LogP contribution < -0.4 is 4.74 Å². The minimum absolute atomic E-state index is 0.0563. The highest BCUT2D eigenvalue weighted by atomic mass is 16.5. The van der Waals surface area contributed by atoms with Crippen molar-refractivity contribution in [1.82, 2.24) is 20.0 Å². The monoisotopic (exact) mass is 434 g/mol. The normalized spacial score (nSPS) is 18.2. The zero-order chi connectivity index (χ0) is 22.7. The summed E-state index contributed by atoms with van der Waals surface area (Å²) in [5.74, 6) is 1.08. The van der Waals surface area contributed by atoms with Gasteiger partial charge in [0.15, 0.2) is 0 Å². The Bertz CT molecular complexity index is 1100. The second-order valence-electron chi connectivity index (χ2n) is 8.51. The van der Waals surface area contributed by atoms with Gasteiger partial charge in [-0.25, -0.2) is 0 Å². The van der Waals surface area contributed by atoms with E-state index in [0.29, 0.717) is 6.54 Å². The molecule has 0 atom stereocenters. The van der Waals surface area contributed by atoms with Crippen LogP contribution in [0.15, 0.2) is 54.7 Å². The summed E-state index contributed by atoms with van der Waals surface area (Å²) in [6.07, 6.45) is 7.03. The number of benzene rings is 2. The van der Waals surface area contributed by atoms with Crippen molar-refractivity contribution in [1.29, 1.82) is 0 Å². The van der Waals surface area contributed by atoms with Crippen molar-refractivity contribution in [2.45, 2.75) is 31.9 Å². The van der Waals surface area contributed by atoms with Crippen LogP contribution in [0.3, 0.4) is 0 Å². The Hall–Kier alpha value is -3.32. The number of amides is 1. The molecule has 7 nitrogen and oxygen atoms in total. The van der Waals surface area contributed by atoms with Gasteiger partial charge in [0.25, 0.3) is 0 Å². The molecular weight excluding hydrogens is 404 g/mol. The number of aromatic hydroxyl groups is 1. The quantitative estimate of drug-likeness (QED) is 0.527. The summed E-state index contributed by atoms with van der Waals surface area (Å²) in [5, 5.41) is 17.7. The number of carbonyl (C=O) groups excluding carboxylic acids is 1. The first-order chi connectivity index (χ1) is 15.4. The molecule has 32 heavy (non-hydrogen) atoms. The predicted octanol–water partition coefficient (Wildman–Crippen LogP) is 3.81. The highest BCUT2D eigenvalue weighted by Gasteiger charge is 2.36. The van der Waals surface area contributed by atoms with E-state index >= 15 is 0 Å². The van der Waals surface area contributed by atoms with E-state index in [2.05, 4.69) is 10.2 Å². The van der Waals surface area contributed by atoms with E-state index in [0.717, 1.165) is 47.2 Å². The van der Waals surface area contributed by atoms with Crippen LogP contribution in [0.2, 0.25) is 0 Å². The molecule has 0 bridgehead atoms. The summed E-state index contributed by atoms with van der Waals surface area (Å²) < 4.78 is 6.35. The summed E-state index contributed by atoms with van der Waals surface area (Å²) in [5.41, 5.74) is 2.88. The number of aromatic amines is 1. The van der Waals surface area contributed by atoms with Gasteiger partial charge in [0, 0.05) is 38.0 Å². The number of phenols is 1. The molecule has 1 fully saturated rings. The zero-order valence-corrected chi connectivity index (χ0v) is 18.8. The lowest BCUT2D eigenvalue weighted by Gasteiger charge is -2.42. The number of nitrogens with one attached hydrogen (secondary N) is 1. The molecule has 7 heteroatoms. The van der Waals surface area contributed by atoms with E-state index in [1.54, 1.807) is 24.4 Å². The van der Waals surface area contributed by atoms with Crippen molar-refractivity contribution in [2.75, 3.05) is 27.2 Å². The molecule has 0 aliphatic heterocycles. The number of hydrogen-bond donors (Lipinski definition) is 2. The van der Waals surface area contributed by atoms with Crippen LogP contribution >= 0.6 is 0 Å². The molecule has 2 N–H and O–H groups in total. The number of phenolic OH excluding ortho intramolecular Hbond substituents is 1. The van der Waals surface area contributed by atoms with Gasteiger partial charge in [0.05, 0.1) is 17.1 Å². The van der Waals surface area contributed by atoms with Crippen molar-refractivity contribution in [3.05, 3.63) is 54.7 Å². The molecule has 0 saturated heterocycles. The van der Waals surface area contributed by atoms with Crippen LogP contribution in [0, 0.1) is 0 Å². The van der Waals surface area contributed by atoms with Crippen LogP contribution in [-0.2, 0) is 4.79 Å². The van der Waals surface area contributed by atoms with Crippen LogP contribution in [0.4, 0.5) is 0 Å². The van der Waals surface area contributed by atoms with Gasteiger partial charge in [-0.3, -0.25) is 9.89 Å². The molecule has 1 amide bonds. The Kier molecular flexibility index (Phi) is 6.46. The standard InChI is InChI=1S/C25H30N4O3/c1-4-29(25(31)6-5-11-28(2)3)19-14-21(15-19)32-24-13-18(12-23-22(24)16-26-27-23)17-7-9-20(30)10-8-17/h5-10,12-13,16,19,21,30H,4,11,14-15H2,1-3H3,(H,26,27)/b6-5-. The lowest BCUT2D eigenvalue weighted by Crippen LogP contribution is -2.51. The van der Waals surface area contributed by atoms with Crippen molar-refractivity contribution in [3.63, 3.8) is 0 Å². The number of ether oxygens (including phenoxy) is 1. The highest BCUT2D eigenvalue weighted by molar-refractivity contribution is 5.90. The molecular formula is C25H30N4O3. The first-order valence-electron chi connectivity index (χ1n) is 11.0. The Morgan fingerprint density at radius 2 is 1.97 bits per heavy atom. The molecule has 1 saturated carbocycles. The minimum Gasteiger partial charge on any atom is -0.508 e. The number of hydrogen-bond acceptors (Lipinski definition) is 5. The molecule has 168 valence electrons. The van der Waals surface area contributed by atoms with Crippen LogP contribution in [0.25, 0.3) is 22.0 Å². The number of nitrogens with zero attached hydrogens (tertiary/aromatic N) is 3. The van der Waals surface area contributed by atoms with Crippen molar-refractivity contribution in [3.8, 4) is 22.6 Å². The first-order valence-corrected chi connectivity index (χ1v) is 11.0. The number of rotatable bonds is 8. The summed E-state index contributed by atoms with van der Waals surface area (Å²) >= 11 is 0. The van der Waals surface area contributed by atoms with E-state index in [1.165, 1.54) is 0 Å². The van der Waals surface area contributed by atoms with Gasteiger partial charge in [-0.2, -0.15) is 5.10 Å². The lowest BCUT2D eigenvalue weighted by molar-refractivity contribution is -0.131. The van der Waals surface area contributed by atoms with Gasteiger partial charge in [0.1, 0.15) is 17.6 Å². The third kappa shape index (κ3) is 4.78. The summed E-state index contributed by atoms with van der Waals surface area (Å²) in [7, 11) is 3.96. The average Bonchev–Trinajstić information content (AvgIpc) is 3.21. The maximum absolute atomic E-state index is 12.6. The molecule has 0 radical (unpaired) electrons. The van der Waals surface area contributed by atoms with Gasteiger partial charge in [0.2, 0.25) is 5.91 Å². The summed E-state index contributed by atoms with van der Waals surface area (Å²) in [4.78, 5) is 16.5. The van der Waals surface area contributed by atoms with Gasteiger partial charge >= 0.3 is 0 Å². The average molecular weight is 435 g/mol. The maximum atomic E-state index is 12.6. The molecule has 3 aromatic rings. The topological polar surface area (TPSA) is 81.7 Å². The number of H-pyrrole nitrogens is 1. The third-order valence-corrected chi connectivity index (χ3v) is 5.88. The number of aromatic nitrogens is 2. The fourth-order valence-corrected chi connectivity index (χ4v) is 4.06. The summed E-state index contributed by atoms with van der Waals surface area (Å²) in [6.45, 7) is 3.45. The predicted molar refractivity (Wildman–Crippen MR) is 126 cm³/mol. The second-order valence-corrected chi connectivity index (χ2v) is 8.51. The van der Waals surface area contributed by atoms with Crippen molar-refractivity contribution < 1.29 is 14.6 Å². The fourth-order valence-electron chi connectivity index (χ4n) is 4.06. The van der Waals surface area contributed by atoms with Gasteiger partial charge in [-0.1, -0.05) is 18.2 Å². The molecule has 1 heterocycles. The zero-order valence-electron chi connectivity index (χ0n) is 18.8. The molecule has 0 unspecified atom stereocenters. The van der Waals surface area contributed by atoms with E-state index in [1.807, 2.05) is 61.2 Å². The smallest absolute Gasteiger partial charge is 0.246 e. The van der Waals surface area contributed by atoms with E-state index in [9.17, 15) is 9.90 Å². The van der Waals surface area contributed by atoms with Crippen molar-refractivity contribution in [2.24, 2.45) is 0 Å². The number of carbonyl (C=O) groups is 1. The van der Waals surface area contributed by atoms with Gasteiger partial charge in [-0.15, -0.1) is 0 Å². The molecule has 1 aliphatic carbocycles. The van der Waals surface area contributed by atoms with Crippen molar-refractivity contribution >= 4 is 16.8 Å². The SMILES string of the molecule is CCN(C(=O)/C=C\CN(C)C)C1CC(Oc2cc(-c3ccc(O)cc3)cc3[nH]ncc23)C1. The van der Waals surface area contributed by atoms with E-state index in [4.69, 9.17) is 4.74 Å². The van der Waals surface area contributed by atoms with Crippen LogP contribution in [0.5, 0.6) is 11.5 Å². The lowest BCUT2D eigenvalue weighted by atomic mass is 9.87. The van der Waals surface area contributed by atoms with Crippen LogP contribution in [0.1, 0.15) is 19.8 Å². The Morgan fingerprint density at radius 3 is 2.66 bits per heavy atom. The number of fused-ring (bicyclic) bond motifs is 1. The fraction of sp³-hybridized carbons (Fsp3) is 0.360. The highest BCUT2D eigenvalue weighted by Crippen LogP contribution is 2.36. The van der Waals surface area contributed by atoms with Gasteiger partial charge < -0.3 is 19.6 Å². The molecule has 0 spiro atoms. The van der Waals surface area contributed by atoms with Gasteiger partial charge in [-0.05, 0) is 56.4 Å². The van der Waals surface area contributed by atoms with E-state index in [-0.39, 0.29) is 23.8 Å². The molecule has 2 aromatic carbocycles. The van der Waals surface area contributed by atoms with E-state index < -0.39 is 0 Å². The third-order valence-electron chi connectivity index (χ3n) is 5.88. The summed E-state index contributed by atoms with van der Waals surface area (Å²) in [6, 6.07) is 11.4. The molecule has 4 rings (SSSR count). The Labute approximate surface area is 188 Å². The largest absolute Gasteiger partial charge is 0.508 e. The Morgan fingerprint density at radius 1 is 1.22 bits per heavy atom. The first kappa shape index (κ1) is 21.9. The Balaban J connectivity index is 1.45. The second kappa shape index (κ2) is 9.44. The number of likely N-dealkylation sites (N-methyl/N-ethyl adjacent to an activating group) is 2. The minimum atomic E-state index is 0.0563. The van der Waals surface area contributed by atoms with Crippen LogP contribution in [-0.4, -0.2) is 70.3 Å². The molecule has 1 aromatic heterocycles. The maximum Gasteiger partial charge on any atom is 0.246 e.